The summed E-state index contributed by atoms with van der Waals surface area (Å²) in [6.45, 7) is 5.70. The molecule has 4 heteroatoms. The Balaban J connectivity index is 2.65. The molecule has 0 aliphatic rings. The molecule has 0 radical (unpaired) electrons. The second-order valence-electron chi connectivity index (χ2n) is 4.98. The van der Waals surface area contributed by atoms with E-state index in [1.165, 1.54) is 0 Å². The molecule has 0 fully saturated rings. The molecule has 1 aromatic rings. The maximum absolute atomic E-state index is 11.6. The standard InChI is InChI=1S/C14H18O4/c1-14(2,3)13(16)17-9-12(18-10-15)11-7-5-4-6-8-11/h4-8,10,12H,9H2,1-3H3. The Hall–Kier alpha value is -1.84. The van der Waals surface area contributed by atoms with Gasteiger partial charge in [-0.1, -0.05) is 30.3 Å². The van der Waals surface area contributed by atoms with Gasteiger partial charge >= 0.3 is 5.97 Å². The number of hydrogen-bond acceptors (Lipinski definition) is 4. The molecule has 0 aliphatic heterocycles. The number of ether oxygens (including phenoxy) is 2. The van der Waals surface area contributed by atoms with Crippen molar-refractivity contribution in [2.45, 2.75) is 26.9 Å². The Bertz CT molecular complexity index is 392. The molecule has 0 aromatic heterocycles. The average Bonchev–Trinajstić information content (AvgIpc) is 2.34. The van der Waals surface area contributed by atoms with E-state index in [0.717, 1.165) is 5.56 Å². The predicted octanol–water partition coefficient (Wildman–Crippen LogP) is 2.49. The van der Waals surface area contributed by atoms with Crippen LogP contribution in [0.25, 0.3) is 0 Å². The summed E-state index contributed by atoms with van der Waals surface area (Å²) in [5, 5.41) is 0. The molecule has 4 nitrogen and oxygen atoms in total. The molecule has 1 atom stereocenters. The zero-order valence-electron chi connectivity index (χ0n) is 10.9. The minimum atomic E-state index is -0.567. The van der Waals surface area contributed by atoms with Crippen molar-refractivity contribution >= 4 is 12.4 Å². The first-order chi connectivity index (χ1) is 8.45. The Morgan fingerprint density at radius 2 is 1.89 bits per heavy atom. The van der Waals surface area contributed by atoms with E-state index >= 15 is 0 Å². The molecule has 1 rings (SSSR count). The largest absolute Gasteiger partial charge is 0.461 e. The number of benzene rings is 1. The summed E-state index contributed by atoms with van der Waals surface area (Å²) in [4.78, 5) is 22.1. The lowest BCUT2D eigenvalue weighted by atomic mass is 9.97. The van der Waals surface area contributed by atoms with Gasteiger partial charge in [-0.25, -0.2) is 0 Å². The van der Waals surface area contributed by atoms with E-state index < -0.39 is 11.5 Å². The van der Waals surface area contributed by atoms with Crippen molar-refractivity contribution in [3.05, 3.63) is 35.9 Å². The number of hydrogen-bond donors (Lipinski definition) is 0. The second kappa shape index (κ2) is 6.19. The van der Waals surface area contributed by atoms with Crippen molar-refractivity contribution in [3.8, 4) is 0 Å². The van der Waals surface area contributed by atoms with Crippen LogP contribution in [-0.2, 0) is 19.1 Å². The Kier molecular flexibility index (Phi) is 4.89. The van der Waals surface area contributed by atoms with Gasteiger partial charge in [0, 0.05) is 0 Å². The number of carbonyl (C=O) groups excluding carboxylic acids is 2. The van der Waals surface area contributed by atoms with E-state index in [1.54, 1.807) is 20.8 Å². The quantitative estimate of drug-likeness (QED) is 0.595. The van der Waals surface area contributed by atoms with Crippen LogP contribution in [0.4, 0.5) is 0 Å². The highest BCUT2D eigenvalue weighted by atomic mass is 16.6. The van der Waals surface area contributed by atoms with Gasteiger partial charge in [-0.15, -0.1) is 0 Å². The molecular formula is C14H18O4. The van der Waals surface area contributed by atoms with Crippen molar-refractivity contribution in [1.82, 2.24) is 0 Å². The third-order valence-electron chi connectivity index (χ3n) is 2.37. The van der Waals surface area contributed by atoms with E-state index in [2.05, 4.69) is 0 Å². The van der Waals surface area contributed by atoms with E-state index in [4.69, 9.17) is 9.47 Å². The summed E-state index contributed by atoms with van der Waals surface area (Å²) < 4.78 is 10.1. The molecule has 1 aromatic carbocycles. The lowest BCUT2D eigenvalue weighted by molar-refractivity contribution is -0.159. The van der Waals surface area contributed by atoms with E-state index in [-0.39, 0.29) is 12.6 Å². The second-order valence-corrected chi connectivity index (χ2v) is 4.98. The number of carbonyl (C=O) groups is 2. The van der Waals surface area contributed by atoms with E-state index in [1.807, 2.05) is 30.3 Å². The van der Waals surface area contributed by atoms with Crippen LogP contribution >= 0.6 is 0 Å². The summed E-state index contributed by atoms with van der Waals surface area (Å²) in [7, 11) is 0. The summed E-state index contributed by atoms with van der Waals surface area (Å²) in [6.07, 6.45) is -0.560. The highest BCUT2D eigenvalue weighted by molar-refractivity contribution is 5.75. The lowest BCUT2D eigenvalue weighted by Crippen LogP contribution is -2.25. The van der Waals surface area contributed by atoms with Crippen LogP contribution in [0.2, 0.25) is 0 Å². The zero-order chi connectivity index (χ0) is 13.6. The molecule has 0 spiro atoms. The molecule has 0 heterocycles. The van der Waals surface area contributed by atoms with Crippen molar-refractivity contribution in [2.75, 3.05) is 6.61 Å². The van der Waals surface area contributed by atoms with Gasteiger partial charge in [0.15, 0.2) is 6.10 Å². The van der Waals surface area contributed by atoms with Gasteiger partial charge in [0.1, 0.15) is 6.61 Å². The topological polar surface area (TPSA) is 52.6 Å². The fourth-order valence-electron chi connectivity index (χ4n) is 1.32. The van der Waals surface area contributed by atoms with Crippen LogP contribution in [0.3, 0.4) is 0 Å². The minimum Gasteiger partial charge on any atom is -0.461 e. The minimum absolute atomic E-state index is 0.0266. The fraction of sp³-hybridized carbons (Fsp3) is 0.429. The number of esters is 1. The van der Waals surface area contributed by atoms with Crippen molar-refractivity contribution in [2.24, 2.45) is 5.41 Å². The highest BCUT2D eigenvalue weighted by Crippen LogP contribution is 2.20. The molecule has 0 bridgehead atoms. The van der Waals surface area contributed by atoms with Crippen molar-refractivity contribution in [1.29, 1.82) is 0 Å². The van der Waals surface area contributed by atoms with Gasteiger partial charge in [-0.2, -0.15) is 0 Å². The smallest absolute Gasteiger partial charge is 0.311 e. The van der Waals surface area contributed by atoms with Gasteiger partial charge in [0.2, 0.25) is 0 Å². The SMILES string of the molecule is CC(C)(C)C(=O)OCC(OC=O)c1ccccc1. The molecule has 98 valence electrons. The molecule has 18 heavy (non-hydrogen) atoms. The molecule has 1 unspecified atom stereocenters. The zero-order valence-corrected chi connectivity index (χ0v) is 10.9. The van der Waals surface area contributed by atoms with Crippen LogP contribution in [0.1, 0.15) is 32.4 Å². The molecule has 0 saturated heterocycles. The van der Waals surface area contributed by atoms with Crippen molar-refractivity contribution < 1.29 is 19.1 Å². The molecule has 0 saturated carbocycles. The molecule has 0 N–H and O–H groups in total. The van der Waals surface area contributed by atoms with Crippen LogP contribution in [0.5, 0.6) is 0 Å². The Morgan fingerprint density at radius 3 is 2.39 bits per heavy atom. The van der Waals surface area contributed by atoms with Gasteiger partial charge in [-0.3, -0.25) is 9.59 Å². The average molecular weight is 250 g/mol. The first-order valence-corrected chi connectivity index (χ1v) is 5.76. The summed E-state index contributed by atoms with van der Waals surface area (Å²) in [6, 6.07) is 9.17. The van der Waals surface area contributed by atoms with Crippen molar-refractivity contribution in [3.63, 3.8) is 0 Å². The monoisotopic (exact) mass is 250 g/mol. The van der Waals surface area contributed by atoms with Gasteiger partial charge in [-0.05, 0) is 26.3 Å². The van der Waals surface area contributed by atoms with Crippen LogP contribution in [-0.4, -0.2) is 19.0 Å². The maximum atomic E-state index is 11.6. The van der Waals surface area contributed by atoms with E-state index in [0.29, 0.717) is 6.47 Å². The third kappa shape index (κ3) is 4.20. The summed E-state index contributed by atoms with van der Waals surface area (Å²) in [5.74, 6) is -0.321. The van der Waals surface area contributed by atoms with Crippen LogP contribution in [0, 0.1) is 5.41 Å². The normalized spacial score (nSPS) is 12.6. The van der Waals surface area contributed by atoms with Gasteiger partial charge < -0.3 is 9.47 Å². The summed E-state index contributed by atoms with van der Waals surface area (Å²) >= 11 is 0. The molecule has 0 amide bonds. The molecule has 0 aliphatic carbocycles. The van der Waals surface area contributed by atoms with Crippen LogP contribution < -0.4 is 0 Å². The maximum Gasteiger partial charge on any atom is 0.311 e. The van der Waals surface area contributed by atoms with E-state index in [9.17, 15) is 9.59 Å². The first-order valence-electron chi connectivity index (χ1n) is 5.76. The lowest BCUT2D eigenvalue weighted by Gasteiger charge is -2.20. The van der Waals surface area contributed by atoms with Crippen LogP contribution in [0.15, 0.2) is 30.3 Å². The van der Waals surface area contributed by atoms with Gasteiger partial charge in [0.25, 0.3) is 6.47 Å². The first kappa shape index (κ1) is 14.2. The Labute approximate surface area is 107 Å². The summed E-state index contributed by atoms with van der Waals surface area (Å²) in [5.41, 5.74) is 0.230. The Morgan fingerprint density at radius 1 is 1.28 bits per heavy atom. The predicted molar refractivity (Wildman–Crippen MR) is 66.7 cm³/mol. The highest BCUT2D eigenvalue weighted by Gasteiger charge is 2.25. The fourth-order valence-corrected chi connectivity index (χ4v) is 1.32. The third-order valence-corrected chi connectivity index (χ3v) is 2.37. The number of rotatable bonds is 5. The van der Waals surface area contributed by atoms with Gasteiger partial charge in [0.05, 0.1) is 5.41 Å². The molecular weight excluding hydrogens is 232 g/mol.